The van der Waals surface area contributed by atoms with E-state index in [0.717, 1.165) is 4.88 Å². The van der Waals surface area contributed by atoms with Gasteiger partial charge in [-0.3, -0.25) is 4.79 Å². The minimum atomic E-state index is -0.505. The third-order valence-electron chi connectivity index (χ3n) is 3.54. The van der Waals surface area contributed by atoms with Crippen molar-refractivity contribution < 1.29 is 14.3 Å². The Balaban J connectivity index is 1.86. The van der Waals surface area contributed by atoms with Crippen molar-refractivity contribution in [2.24, 2.45) is 5.92 Å². The van der Waals surface area contributed by atoms with Crippen LogP contribution in [0, 0.1) is 5.92 Å². The number of likely N-dealkylation sites (tertiary alicyclic amines) is 1. The van der Waals surface area contributed by atoms with Gasteiger partial charge in [0.15, 0.2) is 0 Å². The zero-order valence-electron chi connectivity index (χ0n) is 13.7. The molecule has 6 heteroatoms. The molecule has 0 N–H and O–H groups in total. The van der Waals surface area contributed by atoms with Crippen LogP contribution >= 0.6 is 11.3 Å². The van der Waals surface area contributed by atoms with Crippen LogP contribution in [0.1, 0.15) is 32.1 Å². The Kier molecular flexibility index (Phi) is 5.11. The van der Waals surface area contributed by atoms with E-state index in [1.165, 1.54) is 0 Å². The van der Waals surface area contributed by atoms with E-state index < -0.39 is 5.60 Å². The van der Waals surface area contributed by atoms with Crippen LogP contribution < -0.4 is 0 Å². The largest absolute Gasteiger partial charge is 0.444 e. The lowest BCUT2D eigenvalue weighted by Crippen LogP contribution is -2.38. The first kappa shape index (κ1) is 16.8. The second-order valence-corrected chi connectivity index (χ2v) is 7.72. The van der Waals surface area contributed by atoms with E-state index in [1.807, 2.05) is 45.3 Å². The maximum absolute atomic E-state index is 12.5. The van der Waals surface area contributed by atoms with Gasteiger partial charge in [-0.05, 0) is 38.6 Å². The Morgan fingerprint density at radius 3 is 2.77 bits per heavy atom. The molecule has 1 unspecified atom stereocenters. The van der Waals surface area contributed by atoms with Gasteiger partial charge in [-0.15, -0.1) is 11.3 Å². The van der Waals surface area contributed by atoms with E-state index in [0.29, 0.717) is 26.1 Å². The molecule has 2 amide bonds. The lowest BCUT2D eigenvalue weighted by Gasteiger charge is -2.25. The van der Waals surface area contributed by atoms with E-state index in [-0.39, 0.29) is 17.9 Å². The molecule has 122 valence electrons. The van der Waals surface area contributed by atoms with Crippen LogP contribution in [-0.2, 0) is 16.1 Å². The van der Waals surface area contributed by atoms with Gasteiger partial charge in [0, 0.05) is 25.0 Å². The molecule has 0 aliphatic carbocycles. The van der Waals surface area contributed by atoms with Gasteiger partial charge >= 0.3 is 6.09 Å². The summed E-state index contributed by atoms with van der Waals surface area (Å²) >= 11 is 1.64. The lowest BCUT2D eigenvalue weighted by molar-refractivity contribution is -0.134. The molecule has 0 saturated carbocycles. The summed E-state index contributed by atoms with van der Waals surface area (Å²) in [6.07, 6.45) is 0.371. The number of carbonyl (C=O) groups is 2. The summed E-state index contributed by atoms with van der Waals surface area (Å²) in [5.74, 6) is -0.0306. The van der Waals surface area contributed by atoms with E-state index >= 15 is 0 Å². The normalized spacial score (nSPS) is 18.4. The number of hydrogen-bond donors (Lipinski definition) is 0. The van der Waals surface area contributed by atoms with Gasteiger partial charge in [0.1, 0.15) is 5.60 Å². The Hall–Kier alpha value is -1.56. The summed E-state index contributed by atoms with van der Waals surface area (Å²) in [5, 5.41) is 2.01. The molecule has 0 spiro atoms. The molecular weight excluding hydrogens is 300 g/mol. The third-order valence-corrected chi connectivity index (χ3v) is 4.40. The molecule has 1 fully saturated rings. The van der Waals surface area contributed by atoms with Crippen LogP contribution in [0.3, 0.4) is 0 Å². The number of thiophene rings is 1. The lowest BCUT2D eigenvalue weighted by atomic mass is 10.1. The van der Waals surface area contributed by atoms with E-state index in [4.69, 9.17) is 4.74 Å². The van der Waals surface area contributed by atoms with E-state index in [9.17, 15) is 9.59 Å². The zero-order valence-corrected chi connectivity index (χ0v) is 14.5. The Labute approximate surface area is 135 Å². The minimum absolute atomic E-state index is 0.0967. The van der Waals surface area contributed by atoms with Crippen LogP contribution in [0.5, 0.6) is 0 Å². The summed E-state index contributed by atoms with van der Waals surface area (Å²) in [6.45, 7) is 7.19. The molecule has 0 bridgehead atoms. The van der Waals surface area contributed by atoms with Crippen molar-refractivity contribution in [3.8, 4) is 0 Å². The van der Waals surface area contributed by atoms with Crippen LogP contribution in [0.2, 0.25) is 0 Å². The number of hydrogen-bond acceptors (Lipinski definition) is 4. The van der Waals surface area contributed by atoms with Crippen molar-refractivity contribution in [3.05, 3.63) is 22.4 Å². The molecule has 1 aromatic rings. The molecule has 2 heterocycles. The second-order valence-electron chi connectivity index (χ2n) is 6.69. The number of carbonyl (C=O) groups excluding carboxylic acids is 2. The summed E-state index contributed by atoms with van der Waals surface area (Å²) in [7, 11) is 1.82. The molecular formula is C16H24N2O3S. The first-order valence-electron chi connectivity index (χ1n) is 7.51. The molecule has 1 saturated heterocycles. The molecule has 0 aromatic carbocycles. The van der Waals surface area contributed by atoms with Crippen LogP contribution in [0.25, 0.3) is 0 Å². The maximum Gasteiger partial charge on any atom is 0.410 e. The number of rotatable bonds is 3. The highest BCUT2D eigenvalue weighted by Gasteiger charge is 2.34. The molecule has 1 aliphatic rings. The molecule has 1 aliphatic heterocycles. The first-order chi connectivity index (χ1) is 10.3. The average molecular weight is 324 g/mol. The van der Waals surface area contributed by atoms with Crippen molar-refractivity contribution in [2.45, 2.75) is 39.3 Å². The Morgan fingerprint density at radius 1 is 1.45 bits per heavy atom. The Morgan fingerprint density at radius 2 is 2.18 bits per heavy atom. The molecule has 1 atom stereocenters. The van der Waals surface area contributed by atoms with E-state index in [2.05, 4.69) is 0 Å². The van der Waals surface area contributed by atoms with Gasteiger partial charge in [0.05, 0.1) is 12.5 Å². The van der Waals surface area contributed by atoms with E-state index in [1.54, 1.807) is 21.1 Å². The van der Waals surface area contributed by atoms with Gasteiger partial charge in [-0.2, -0.15) is 0 Å². The van der Waals surface area contributed by atoms with Gasteiger partial charge in [0.25, 0.3) is 0 Å². The highest BCUT2D eigenvalue weighted by Crippen LogP contribution is 2.22. The van der Waals surface area contributed by atoms with Crippen LogP contribution in [0.4, 0.5) is 4.79 Å². The molecule has 22 heavy (non-hydrogen) atoms. The highest BCUT2D eigenvalue weighted by atomic mass is 32.1. The predicted molar refractivity (Wildman–Crippen MR) is 86.7 cm³/mol. The average Bonchev–Trinajstić information content (AvgIpc) is 3.06. The fourth-order valence-electron chi connectivity index (χ4n) is 2.48. The molecule has 1 aromatic heterocycles. The van der Waals surface area contributed by atoms with Crippen molar-refractivity contribution in [1.82, 2.24) is 9.80 Å². The molecule has 2 rings (SSSR count). The molecule has 5 nitrogen and oxygen atoms in total. The third kappa shape index (κ3) is 4.47. The standard InChI is InChI=1S/C16H24N2O3S/c1-16(2,3)21-15(20)18-8-7-12(10-18)14(19)17(4)11-13-6-5-9-22-13/h5-6,9,12H,7-8,10-11H2,1-4H3. The predicted octanol–water partition coefficient (Wildman–Crippen LogP) is 2.96. The smallest absolute Gasteiger partial charge is 0.410 e. The van der Waals surface area contributed by atoms with Gasteiger partial charge in [-0.1, -0.05) is 6.07 Å². The van der Waals surface area contributed by atoms with Crippen molar-refractivity contribution in [1.29, 1.82) is 0 Å². The van der Waals surface area contributed by atoms with Crippen LogP contribution in [0.15, 0.2) is 17.5 Å². The number of ether oxygens (including phenoxy) is 1. The number of nitrogens with zero attached hydrogens (tertiary/aromatic N) is 2. The minimum Gasteiger partial charge on any atom is -0.444 e. The summed E-state index contributed by atoms with van der Waals surface area (Å²) in [5.41, 5.74) is -0.505. The monoisotopic (exact) mass is 324 g/mol. The maximum atomic E-state index is 12.5. The van der Waals surface area contributed by atoms with Gasteiger partial charge in [-0.25, -0.2) is 4.79 Å². The van der Waals surface area contributed by atoms with Crippen molar-refractivity contribution in [3.63, 3.8) is 0 Å². The summed E-state index contributed by atoms with van der Waals surface area (Å²) < 4.78 is 5.36. The summed E-state index contributed by atoms with van der Waals surface area (Å²) in [6, 6.07) is 4.01. The van der Waals surface area contributed by atoms with Crippen molar-refractivity contribution >= 4 is 23.3 Å². The molecule has 0 radical (unpaired) electrons. The fraction of sp³-hybridized carbons (Fsp3) is 0.625. The highest BCUT2D eigenvalue weighted by molar-refractivity contribution is 7.09. The SMILES string of the molecule is CN(Cc1cccs1)C(=O)C1CCN(C(=O)OC(C)(C)C)C1. The topological polar surface area (TPSA) is 49.9 Å². The zero-order chi connectivity index (χ0) is 16.3. The number of amides is 2. The van der Waals surface area contributed by atoms with Gasteiger partial charge < -0.3 is 14.5 Å². The van der Waals surface area contributed by atoms with Gasteiger partial charge in [0.2, 0.25) is 5.91 Å². The summed E-state index contributed by atoms with van der Waals surface area (Å²) in [4.78, 5) is 29.1. The Bertz CT molecular complexity index is 522. The first-order valence-corrected chi connectivity index (χ1v) is 8.39. The quantitative estimate of drug-likeness (QED) is 0.859. The second kappa shape index (κ2) is 6.69. The fourth-order valence-corrected chi connectivity index (χ4v) is 3.24. The van der Waals surface area contributed by atoms with Crippen LogP contribution in [-0.4, -0.2) is 47.5 Å². The van der Waals surface area contributed by atoms with Crippen molar-refractivity contribution in [2.75, 3.05) is 20.1 Å².